The van der Waals surface area contributed by atoms with Gasteiger partial charge in [-0.15, -0.1) is 0 Å². The predicted molar refractivity (Wildman–Crippen MR) is 45.6 cm³/mol. The molecule has 5 unspecified atom stereocenters. The summed E-state index contributed by atoms with van der Waals surface area (Å²) in [5.41, 5.74) is 0. The molecule has 0 aliphatic heterocycles. The van der Waals surface area contributed by atoms with Crippen molar-refractivity contribution in [3.05, 3.63) is 0 Å². The fourth-order valence-corrected chi connectivity index (χ4v) is 3.06. The van der Waals surface area contributed by atoms with E-state index in [-0.39, 0.29) is 0 Å². The molecule has 0 saturated heterocycles. The van der Waals surface area contributed by atoms with Crippen molar-refractivity contribution in [3.63, 3.8) is 0 Å². The molecule has 2 rings (SSSR count). The van der Waals surface area contributed by atoms with Crippen LogP contribution in [0.25, 0.3) is 0 Å². The van der Waals surface area contributed by atoms with Crippen LogP contribution in [0.5, 0.6) is 0 Å². The van der Waals surface area contributed by atoms with Crippen LogP contribution in [-0.4, -0.2) is 28.2 Å². The van der Waals surface area contributed by atoms with Gasteiger partial charge in [-0.2, -0.15) is 12.6 Å². The lowest BCUT2D eigenvalue weighted by Gasteiger charge is -2.28. The lowest BCUT2D eigenvalue weighted by Crippen LogP contribution is -2.37. The SMILES string of the molecule is OC1C2CC(CS)C(C2)C1O. The van der Waals surface area contributed by atoms with Gasteiger partial charge in [0, 0.05) is 0 Å². The Bertz CT molecular complexity index is 156. The van der Waals surface area contributed by atoms with Gasteiger partial charge in [0.1, 0.15) is 0 Å². The molecule has 2 aliphatic rings. The maximum absolute atomic E-state index is 9.51. The highest BCUT2D eigenvalue weighted by Gasteiger charge is 2.50. The number of hydrogen-bond donors (Lipinski definition) is 3. The molecule has 2 saturated carbocycles. The van der Waals surface area contributed by atoms with Gasteiger partial charge < -0.3 is 10.2 Å². The molecule has 0 aromatic carbocycles. The Morgan fingerprint density at radius 3 is 2.36 bits per heavy atom. The molecule has 0 spiro atoms. The molecule has 0 aromatic rings. The van der Waals surface area contributed by atoms with Crippen LogP contribution in [0.2, 0.25) is 0 Å². The molecule has 2 aliphatic carbocycles. The number of fused-ring (bicyclic) bond motifs is 2. The molecule has 5 atom stereocenters. The predicted octanol–water partition coefficient (Wildman–Crippen LogP) is 0.294. The number of thiol groups is 1. The van der Waals surface area contributed by atoms with E-state index in [0.717, 1.165) is 18.6 Å². The first-order chi connectivity index (χ1) is 5.24. The highest BCUT2D eigenvalue weighted by Crippen LogP contribution is 2.48. The zero-order valence-corrected chi connectivity index (χ0v) is 7.24. The third kappa shape index (κ3) is 1.02. The van der Waals surface area contributed by atoms with Crippen molar-refractivity contribution >= 4 is 12.6 Å². The Kier molecular flexibility index (Phi) is 1.90. The highest BCUT2D eigenvalue weighted by molar-refractivity contribution is 7.80. The number of rotatable bonds is 1. The summed E-state index contributed by atoms with van der Waals surface area (Å²) in [6, 6.07) is 0. The fraction of sp³-hybridized carbons (Fsp3) is 1.00. The maximum atomic E-state index is 9.51. The average Bonchev–Trinajstić information content (AvgIpc) is 2.53. The van der Waals surface area contributed by atoms with Gasteiger partial charge in [-0.1, -0.05) is 0 Å². The Morgan fingerprint density at radius 1 is 1.18 bits per heavy atom. The average molecular weight is 174 g/mol. The molecule has 2 N–H and O–H groups in total. The molecule has 2 nitrogen and oxygen atoms in total. The molecule has 0 radical (unpaired) electrons. The first-order valence-electron chi connectivity index (χ1n) is 4.21. The summed E-state index contributed by atoms with van der Waals surface area (Å²) in [6.07, 6.45) is 1.15. The van der Waals surface area contributed by atoms with Crippen molar-refractivity contribution < 1.29 is 10.2 Å². The Balaban J connectivity index is 2.10. The molecule has 64 valence electrons. The largest absolute Gasteiger partial charge is 0.390 e. The van der Waals surface area contributed by atoms with Crippen LogP contribution < -0.4 is 0 Å². The van der Waals surface area contributed by atoms with Gasteiger partial charge in [0.15, 0.2) is 0 Å². The van der Waals surface area contributed by atoms with Crippen LogP contribution in [0, 0.1) is 17.8 Å². The molecule has 2 bridgehead atoms. The molecule has 2 fully saturated rings. The zero-order chi connectivity index (χ0) is 8.01. The minimum absolute atomic E-state index is 0.326. The van der Waals surface area contributed by atoms with Gasteiger partial charge >= 0.3 is 0 Å². The van der Waals surface area contributed by atoms with Crippen molar-refractivity contribution in [2.45, 2.75) is 25.0 Å². The summed E-state index contributed by atoms with van der Waals surface area (Å²) >= 11 is 4.23. The number of aliphatic hydroxyl groups is 2. The van der Waals surface area contributed by atoms with Crippen molar-refractivity contribution in [2.75, 3.05) is 5.75 Å². The first-order valence-corrected chi connectivity index (χ1v) is 4.84. The summed E-state index contributed by atoms with van der Waals surface area (Å²) in [4.78, 5) is 0. The van der Waals surface area contributed by atoms with E-state index < -0.39 is 12.2 Å². The van der Waals surface area contributed by atoms with Crippen molar-refractivity contribution in [1.29, 1.82) is 0 Å². The van der Waals surface area contributed by atoms with Crippen molar-refractivity contribution in [2.24, 2.45) is 17.8 Å². The lowest BCUT2D eigenvalue weighted by molar-refractivity contribution is -0.0301. The Hall–Kier alpha value is 0.270. The van der Waals surface area contributed by atoms with Crippen LogP contribution in [0.4, 0.5) is 0 Å². The molecule has 3 heteroatoms. The smallest absolute Gasteiger partial charge is 0.0832 e. The summed E-state index contributed by atoms with van der Waals surface area (Å²) in [7, 11) is 0. The molecule has 0 aromatic heterocycles. The standard InChI is InChI=1S/C8H14O2S/c9-7-4-1-5(3-11)6(2-4)8(7)10/h4-11H,1-3H2. The fourth-order valence-electron chi connectivity index (χ4n) is 2.64. The maximum Gasteiger partial charge on any atom is 0.0832 e. The minimum Gasteiger partial charge on any atom is -0.390 e. The third-order valence-electron chi connectivity index (χ3n) is 3.29. The number of hydrogen-bond acceptors (Lipinski definition) is 3. The molecule has 11 heavy (non-hydrogen) atoms. The Labute approximate surface area is 72.0 Å². The summed E-state index contributed by atoms with van der Waals surface area (Å²) in [5, 5.41) is 18.9. The zero-order valence-electron chi connectivity index (χ0n) is 6.35. The molecule has 0 amide bonds. The normalized spacial score (nSPS) is 55.4. The topological polar surface area (TPSA) is 40.5 Å². The molecular weight excluding hydrogens is 160 g/mol. The molecule has 0 heterocycles. The minimum atomic E-state index is -0.467. The van der Waals surface area contributed by atoms with Crippen LogP contribution in [-0.2, 0) is 0 Å². The van der Waals surface area contributed by atoms with Crippen LogP contribution in [0.1, 0.15) is 12.8 Å². The highest BCUT2D eigenvalue weighted by atomic mass is 32.1. The van der Waals surface area contributed by atoms with Crippen molar-refractivity contribution in [1.82, 2.24) is 0 Å². The van der Waals surface area contributed by atoms with E-state index >= 15 is 0 Å². The van der Waals surface area contributed by atoms with E-state index in [1.54, 1.807) is 0 Å². The lowest BCUT2D eigenvalue weighted by atomic mass is 9.86. The van der Waals surface area contributed by atoms with E-state index in [9.17, 15) is 10.2 Å². The second-order valence-electron chi connectivity index (χ2n) is 3.82. The van der Waals surface area contributed by atoms with E-state index in [2.05, 4.69) is 12.6 Å². The summed E-state index contributed by atoms with van der Waals surface area (Å²) < 4.78 is 0. The van der Waals surface area contributed by atoms with Gasteiger partial charge in [0.05, 0.1) is 12.2 Å². The van der Waals surface area contributed by atoms with Gasteiger partial charge in [-0.05, 0) is 36.3 Å². The monoisotopic (exact) mass is 174 g/mol. The summed E-state index contributed by atoms with van der Waals surface area (Å²) in [6.45, 7) is 0. The van der Waals surface area contributed by atoms with E-state index in [1.807, 2.05) is 0 Å². The molecular formula is C8H14O2S. The van der Waals surface area contributed by atoms with E-state index in [1.165, 1.54) is 0 Å². The number of aliphatic hydroxyl groups excluding tert-OH is 2. The van der Waals surface area contributed by atoms with Gasteiger partial charge in [0.2, 0.25) is 0 Å². The third-order valence-corrected chi connectivity index (χ3v) is 3.76. The van der Waals surface area contributed by atoms with Crippen LogP contribution in [0.3, 0.4) is 0 Å². The van der Waals surface area contributed by atoms with Gasteiger partial charge in [-0.3, -0.25) is 0 Å². The summed E-state index contributed by atoms with van der Waals surface area (Å²) in [5.74, 6) is 2.08. The van der Waals surface area contributed by atoms with E-state index in [0.29, 0.717) is 17.8 Å². The Morgan fingerprint density at radius 2 is 1.91 bits per heavy atom. The second-order valence-corrected chi connectivity index (χ2v) is 4.18. The van der Waals surface area contributed by atoms with Crippen LogP contribution in [0.15, 0.2) is 0 Å². The van der Waals surface area contributed by atoms with Gasteiger partial charge in [0.25, 0.3) is 0 Å². The van der Waals surface area contributed by atoms with E-state index in [4.69, 9.17) is 0 Å². The van der Waals surface area contributed by atoms with Gasteiger partial charge in [-0.25, -0.2) is 0 Å². The quantitative estimate of drug-likeness (QED) is 0.500. The van der Waals surface area contributed by atoms with Crippen molar-refractivity contribution in [3.8, 4) is 0 Å². The van der Waals surface area contributed by atoms with Crippen LogP contribution >= 0.6 is 12.6 Å². The first kappa shape index (κ1) is 7.90. The second kappa shape index (κ2) is 2.64.